The Bertz CT molecular complexity index is 1420. The SMILES string of the molecule is CCOc1cc(/C=C(/C#N)C(=O)Nc2nc(S(C)(=O)=O)ns2)cc(Cl)c1OCc1ccc(F)cc1. The predicted octanol–water partition coefficient (Wildman–Crippen LogP) is 4.26. The summed E-state index contributed by atoms with van der Waals surface area (Å²) in [6, 6.07) is 10.6. The van der Waals surface area contributed by atoms with Crippen molar-refractivity contribution in [2.45, 2.75) is 18.7 Å². The normalized spacial score (nSPS) is 11.6. The van der Waals surface area contributed by atoms with E-state index in [0.717, 1.165) is 6.26 Å². The van der Waals surface area contributed by atoms with Gasteiger partial charge in [-0.3, -0.25) is 10.1 Å². The maximum absolute atomic E-state index is 13.1. The highest BCUT2D eigenvalue weighted by molar-refractivity contribution is 7.90. The predicted molar refractivity (Wildman–Crippen MR) is 129 cm³/mol. The Balaban J connectivity index is 1.83. The number of sulfone groups is 1. The van der Waals surface area contributed by atoms with Crippen LogP contribution >= 0.6 is 23.1 Å². The van der Waals surface area contributed by atoms with Crippen LogP contribution in [0, 0.1) is 17.1 Å². The third kappa shape index (κ3) is 6.98. The van der Waals surface area contributed by atoms with Crippen LogP contribution in [0.1, 0.15) is 18.1 Å². The molecule has 0 unspecified atom stereocenters. The van der Waals surface area contributed by atoms with E-state index in [9.17, 15) is 22.9 Å². The van der Waals surface area contributed by atoms with Gasteiger partial charge in [-0.15, -0.1) is 0 Å². The number of rotatable bonds is 9. The van der Waals surface area contributed by atoms with E-state index in [1.165, 1.54) is 24.3 Å². The number of anilines is 1. The maximum Gasteiger partial charge on any atom is 0.268 e. The number of amides is 1. The standard InChI is InChI=1S/C22H18ClFN4O5S2/c1-3-32-18-10-14(9-17(23)19(18)33-12-13-4-6-16(24)7-5-13)8-15(11-25)20(29)26-21-27-22(28-34-21)35(2,30)31/h4-10H,3,12H2,1-2H3,(H,26,27,28,29)/b15-8-. The molecule has 0 fully saturated rings. The molecule has 2 aromatic carbocycles. The minimum atomic E-state index is -3.64. The largest absolute Gasteiger partial charge is 0.490 e. The monoisotopic (exact) mass is 536 g/mol. The van der Waals surface area contributed by atoms with Crippen LogP contribution in [-0.4, -0.2) is 36.5 Å². The van der Waals surface area contributed by atoms with Crippen LogP contribution in [0.25, 0.3) is 6.08 Å². The Morgan fingerprint density at radius 3 is 2.60 bits per heavy atom. The third-order valence-electron chi connectivity index (χ3n) is 4.26. The number of benzene rings is 2. The number of hydrogen-bond acceptors (Lipinski definition) is 9. The molecular weight excluding hydrogens is 519 g/mol. The van der Waals surface area contributed by atoms with E-state index >= 15 is 0 Å². The molecule has 0 atom stereocenters. The van der Waals surface area contributed by atoms with Gasteiger partial charge in [0.15, 0.2) is 11.5 Å². The summed E-state index contributed by atoms with van der Waals surface area (Å²) in [6.45, 7) is 2.17. The maximum atomic E-state index is 13.1. The van der Waals surface area contributed by atoms with E-state index in [-0.39, 0.29) is 39.7 Å². The Morgan fingerprint density at radius 1 is 1.29 bits per heavy atom. The minimum absolute atomic E-state index is 0.0749. The Morgan fingerprint density at radius 2 is 2.00 bits per heavy atom. The molecule has 0 saturated heterocycles. The lowest BCUT2D eigenvalue weighted by Crippen LogP contribution is -2.13. The molecule has 0 saturated carbocycles. The Kier molecular flexibility index (Phi) is 8.39. The first-order chi connectivity index (χ1) is 16.6. The number of halogens is 2. The van der Waals surface area contributed by atoms with Crippen molar-refractivity contribution in [1.29, 1.82) is 5.26 Å². The van der Waals surface area contributed by atoms with Gasteiger partial charge in [0.1, 0.15) is 24.1 Å². The number of nitriles is 1. The van der Waals surface area contributed by atoms with E-state index in [1.807, 2.05) is 0 Å². The molecule has 0 aliphatic heterocycles. The summed E-state index contributed by atoms with van der Waals surface area (Å²) in [5.74, 6) is -0.639. The number of nitrogens with one attached hydrogen (secondary N) is 1. The molecule has 0 aliphatic rings. The van der Waals surface area contributed by atoms with E-state index in [4.69, 9.17) is 21.1 Å². The zero-order valence-corrected chi connectivity index (χ0v) is 20.8. The lowest BCUT2D eigenvalue weighted by Gasteiger charge is -2.15. The van der Waals surface area contributed by atoms with E-state index in [0.29, 0.717) is 29.3 Å². The first-order valence-electron chi connectivity index (χ1n) is 9.91. The quantitative estimate of drug-likeness (QED) is 0.317. The second-order valence-electron chi connectivity index (χ2n) is 6.96. The molecule has 182 valence electrons. The van der Waals surface area contributed by atoms with Crippen molar-refractivity contribution in [3.63, 3.8) is 0 Å². The average Bonchev–Trinajstić information content (AvgIpc) is 3.27. The average molecular weight is 537 g/mol. The molecule has 0 aliphatic carbocycles. The summed E-state index contributed by atoms with van der Waals surface area (Å²) in [5, 5.41) is 11.5. The highest BCUT2D eigenvalue weighted by Crippen LogP contribution is 2.38. The van der Waals surface area contributed by atoms with Gasteiger partial charge in [-0.2, -0.15) is 14.6 Å². The van der Waals surface area contributed by atoms with Gasteiger partial charge < -0.3 is 9.47 Å². The number of nitrogens with zero attached hydrogens (tertiary/aromatic N) is 3. The summed E-state index contributed by atoms with van der Waals surface area (Å²) in [5.41, 5.74) is 0.806. The summed E-state index contributed by atoms with van der Waals surface area (Å²) in [7, 11) is -3.64. The number of hydrogen-bond donors (Lipinski definition) is 1. The van der Waals surface area contributed by atoms with Gasteiger partial charge >= 0.3 is 0 Å². The molecule has 13 heteroatoms. The second-order valence-corrected chi connectivity index (χ2v) is 10.0. The molecule has 0 radical (unpaired) electrons. The smallest absolute Gasteiger partial charge is 0.268 e. The van der Waals surface area contributed by atoms with Gasteiger partial charge in [0.05, 0.1) is 11.6 Å². The fourth-order valence-corrected chi connectivity index (χ4v) is 4.41. The van der Waals surface area contributed by atoms with Crippen molar-refractivity contribution in [2.75, 3.05) is 18.2 Å². The fourth-order valence-electron chi connectivity index (χ4n) is 2.70. The van der Waals surface area contributed by atoms with Crippen molar-refractivity contribution in [1.82, 2.24) is 9.36 Å². The summed E-state index contributed by atoms with van der Waals surface area (Å²) in [6.07, 6.45) is 2.22. The molecule has 9 nitrogen and oxygen atoms in total. The molecule has 35 heavy (non-hydrogen) atoms. The lowest BCUT2D eigenvalue weighted by molar-refractivity contribution is -0.112. The molecule has 1 amide bonds. The Labute approximate surface area is 209 Å². The van der Waals surface area contributed by atoms with Crippen LogP contribution in [0.2, 0.25) is 5.02 Å². The van der Waals surface area contributed by atoms with Crippen molar-refractivity contribution in [3.8, 4) is 17.6 Å². The van der Waals surface area contributed by atoms with Crippen LogP contribution in [-0.2, 0) is 21.2 Å². The van der Waals surface area contributed by atoms with Crippen LogP contribution in [0.4, 0.5) is 9.52 Å². The van der Waals surface area contributed by atoms with Crippen LogP contribution in [0.5, 0.6) is 11.5 Å². The van der Waals surface area contributed by atoms with E-state index < -0.39 is 20.9 Å². The van der Waals surface area contributed by atoms with Gasteiger partial charge in [0.2, 0.25) is 15.0 Å². The zero-order valence-electron chi connectivity index (χ0n) is 18.4. The van der Waals surface area contributed by atoms with Gasteiger partial charge in [-0.1, -0.05) is 23.7 Å². The van der Waals surface area contributed by atoms with Gasteiger partial charge in [-0.25, -0.2) is 12.8 Å². The van der Waals surface area contributed by atoms with Gasteiger partial charge in [0.25, 0.3) is 11.1 Å². The molecule has 1 N–H and O–H groups in total. The molecule has 0 spiro atoms. The highest BCUT2D eigenvalue weighted by Gasteiger charge is 2.18. The summed E-state index contributed by atoms with van der Waals surface area (Å²) >= 11 is 7.06. The topological polar surface area (TPSA) is 131 Å². The third-order valence-corrected chi connectivity index (χ3v) is 6.14. The molecule has 3 aromatic rings. The molecule has 1 aromatic heterocycles. The van der Waals surface area contributed by atoms with Crippen molar-refractivity contribution in [2.24, 2.45) is 0 Å². The zero-order chi connectivity index (χ0) is 25.6. The molecular formula is C22H18ClFN4O5S2. The van der Waals surface area contributed by atoms with Gasteiger partial charge in [-0.05, 0) is 48.4 Å². The second kappa shape index (κ2) is 11.3. The first-order valence-corrected chi connectivity index (χ1v) is 13.0. The minimum Gasteiger partial charge on any atom is -0.490 e. The van der Waals surface area contributed by atoms with Crippen molar-refractivity contribution < 1.29 is 27.1 Å². The summed E-state index contributed by atoms with van der Waals surface area (Å²) in [4.78, 5) is 16.3. The number of ether oxygens (including phenoxy) is 2. The van der Waals surface area contributed by atoms with Crippen LogP contribution in [0.15, 0.2) is 47.1 Å². The number of carbonyl (C=O) groups is 1. The van der Waals surface area contributed by atoms with E-state index in [1.54, 1.807) is 31.2 Å². The van der Waals surface area contributed by atoms with Gasteiger partial charge in [0, 0.05) is 17.8 Å². The molecule has 3 rings (SSSR count). The molecule has 0 bridgehead atoms. The van der Waals surface area contributed by atoms with E-state index in [2.05, 4.69) is 14.7 Å². The number of carbonyl (C=O) groups excluding carboxylic acids is 1. The van der Waals surface area contributed by atoms with Crippen molar-refractivity contribution >= 4 is 50.1 Å². The van der Waals surface area contributed by atoms with Crippen molar-refractivity contribution in [3.05, 3.63) is 63.9 Å². The fraction of sp³-hybridized carbons (Fsp3) is 0.182. The lowest BCUT2D eigenvalue weighted by atomic mass is 10.1. The highest BCUT2D eigenvalue weighted by atomic mass is 35.5. The summed E-state index contributed by atoms with van der Waals surface area (Å²) < 4.78 is 51.2. The molecule has 1 heterocycles. The van der Waals surface area contributed by atoms with Crippen LogP contribution < -0.4 is 14.8 Å². The number of aromatic nitrogens is 2. The first kappa shape index (κ1) is 26.1. The Hall–Kier alpha value is -3.53. The van der Waals surface area contributed by atoms with Crippen LogP contribution in [0.3, 0.4) is 0 Å².